The molecule has 1 aromatic carbocycles. The fraction of sp³-hybridized carbons (Fsp3) is 0.400. The highest BCUT2D eigenvalue weighted by atomic mass is 16.5. The summed E-state index contributed by atoms with van der Waals surface area (Å²) in [6.07, 6.45) is 6.26. The Morgan fingerprint density at radius 2 is 1.96 bits per heavy atom. The third-order valence-corrected chi connectivity index (χ3v) is 4.91. The maximum atomic E-state index is 12.7. The van der Waals surface area contributed by atoms with Crippen LogP contribution in [0.3, 0.4) is 0 Å². The molecule has 1 aliphatic heterocycles. The van der Waals surface area contributed by atoms with Gasteiger partial charge in [-0.1, -0.05) is 24.3 Å². The fourth-order valence-electron chi connectivity index (χ4n) is 3.62. The van der Waals surface area contributed by atoms with E-state index >= 15 is 0 Å². The molecule has 0 saturated carbocycles. The van der Waals surface area contributed by atoms with Gasteiger partial charge in [-0.15, -0.1) is 0 Å². The van der Waals surface area contributed by atoms with Crippen LogP contribution in [-0.4, -0.2) is 17.5 Å². The van der Waals surface area contributed by atoms with Crippen molar-refractivity contribution < 1.29 is 9.53 Å². The van der Waals surface area contributed by atoms with E-state index in [2.05, 4.69) is 16.4 Å². The summed E-state index contributed by atoms with van der Waals surface area (Å²) in [4.78, 5) is 17.3. The first-order valence-electron chi connectivity index (χ1n) is 8.82. The monoisotopic (exact) mass is 322 g/mol. The molecule has 4 nitrogen and oxygen atoms in total. The lowest BCUT2D eigenvalue weighted by Gasteiger charge is -2.19. The summed E-state index contributed by atoms with van der Waals surface area (Å²) >= 11 is 0. The van der Waals surface area contributed by atoms with Crippen LogP contribution in [0, 0.1) is 0 Å². The maximum Gasteiger partial charge on any atom is 0.270 e. The van der Waals surface area contributed by atoms with Gasteiger partial charge in [0.1, 0.15) is 11.4 Å². The lowest BCUT2D eigenvalue weighted by Crippen LogP contribution is -2.29. The molecule has 1 atom stereocenters. The molecule has 1 aromatic heterocycles. The Labute approximate surface area is 142 Å². The topological polar surface area (TPSA) is 51.2 Å². The molecule has 4 rings (SSSR count). The van der Waals surface area contributed by atoms with Crippen LogP contribution in [0.4, 0.5) is 0 Å². The van der Waals surface area contributed by atoms with Crippen LogP contribution in [0.2, 0.25) is 0 Å². The first kappa shape index (κ1) is 15.2. The number of aryl methyl sites for hydroxylation is 2. The molecular weight excluding hydrogens is 300 g/mol. The van der Waals surface area contributed by atoms with E-state index in [4.69, 9.17) is 4.74 Å². The molecule has 2 heterocycles. The second-order valence-electron chi connectivity index (χ2n) is 6.56. The first-order valence-corrected chi connectivity index (χ1v) is 8.82. The fourth-order valence-corrected chi connectivity index (χ4v) is 3.62. The second-order valence-corrected chi connectivity index (χ2v) is 6.56. The molecule has 0 fully saturated rings. The van der Waals surface area contributed by atoms with E-state index in [9.17, 15) is 4.79 Å². The zero-order valence-electron chi connectivity index (χ0n) is 13.8. The normalized spacial score (nSPS) is 19.4. The van der Waals surface area contributed by atoms with Crippen LogP contribution in [0.15, 0.2) is 36.4 Å². The van der Waals surface area contributed by atoms with Crippen LogP contribution >= 0.6 is 0 Å². The molecule has 0 bridgehead atoms. The van der Waals surface area contributed by atoms with Gasteiger partial charge in [0.15, 0.2) is 0 Å². The number of nitrogens with one attached hydrogen (secondary N) is 1. The Hall–Kier alpha value is -2.36. The number of amides is 1. The summed E-state index contributed by atoms with van der Waals surface area (Å²) in [5, 5.41) is 3.16. The number of carbonyl (C=O) groups is 1. The predicted octanol–water partition coefficient (Wildman–Crippen LogP) is 3.60. The quantitative estimate of drug-likeness (QED) is 0.919. The largest absolute Gasteiger partial charge is 0.493 e. The minimum absolute atomic E-state index is 0.0194. The molecule has 0 saturated heterocycles. The Bertz CT molecular complexity index is 757. The Morgan fingerprint density at radius 1 is 1.08 bits per heavy atom. The molecule has 24 heavy (non-hydrogen) atoms. The smallest absolute Gasteiger partial charge is 0.270 e. The van der Waals surface area contributed by atoms with Gasteiger partial charge >= 0.3 is 0 Å². The van der Waals surface area contributed by atoms with Gasteiger partial charge in [0.25, 0.3) is 5.91 Å². The summed E-state index contributed by atoms with van der Waals surface area (Å²) in [7, 11) is 0. The minimum atomic E-state index is -0.0925. The van der Waals surface area contributed by atoms with Gasteiger partial charge in [-0.05, 0) is 56.2 Å². The predicted molar refractivity (Wildman–Crippen MR) is 92.3 cm³/mol. The number of aromatic nitrogens is 1. The van der Waals surface area contributed by atoms with Crippen LogP contribution in [0.25, 0.3) is 0 Å². The van der Waals surface area contributed by atoms with Gasteiger partial charge in [0, 0.05) is 11.3 Å². The Balaban J connectivity index is 1.56. The molecule has 2 aromatic rings. The van der Waals surface area contributed by atoms with Crippen molar-refractivity contribution in [3.8, 4) is 5.75 Å². The first-order chi connectivity index (χ1) is 11.8. The number of benzene rings is 1. The van der Waals surface area contributed by atoms with Gasteiger partial charge in [-0.2, -0.15) is 0 Å². The van der Waals surface area contributed by atoms with Crippen molar-refractivity contribution in [3.05, 3.63) is 58.9 Å². The lowest BCUT2D eigenvalue weighted by molar-refractivity contribution is 0.0929. The van der Waals surface area contributed by atoms with E-state index in [-0.39, 0.29) is 11.9 Å². The average molecular weight is 322 g/mol. The summed E-state index contributed by atoms with van der Waals surface area (Å²) in [5.41, 5.74) is 3.98. The van der Waals surface area contributed by atoms with E-state index in [0.29, 0.717) is 12.3 Å². The van der Waals surface area contributed by atoms with Crippen LogP contribution in [0.5, 0.6) is 5.75 Å². The van der Waals surface area contributed by atoms with E-state index < -0.39 is 0 Å². The summed E-state index contributed by atoms with van der Waals surface area (Å²) in [5.74, 6) is 0.781. The van der Waals surface area contributed by atoms with Crippen LogP contribution in [0.1, 0.15) is 59.0 Å². The van der Waals surface area contributed by atoms with E-state index in [1.165, 1.54) is 18.4 Å². The lowest BCUT2D eigenvalue weighted by atomic mass is 9.96. The summed E-state index contributed by atoms with van der Waals surface area (Å²) < 4.78 is 5.77. The average Bonchev–Trinajstić information content (AvgIpc) is 2.84. The van der Waals surface area contributed by atoms with Crippen molar-refractivity contribution in [1.82, 2.24) is 10.3 Å². The third-order valence-electron chi connectivity index (χ3n) is 4.91. The van der Waals surface area contributed by atoms with Crippen LogP contribution in [-0.2, 0) is 12.8 Å². The van der Waals surface area contributed by atoms with E-state index in [1.807, 2.05) is 30.3 Å². The number of pyridine rings is 1. The van der Waals surface area contributed by atoms with Gasteiger partial charge in [-0.3, -0.25) is 4.79 Å². The number of ether oxygens (including phenoxy) is 1. The highest BCUT2D eigenvalue weighted by Crippen LogP contribution is 2.31. The number of rotatable bonds is 2. The molecular formula is C20H22N2O2. The number of hydrogen-bond acceptors (Lipinski definition) is 3. The van der Waals surface area contributed by atoms with Crippen molar-refractivity contribution in [1.29, 1.82) is 0 Å². The molecule has 4 heteroatoms. The Kier molecular flexibility index (Phi) is 4.20. The van der Waals surface area contributed by atoms with Gasteiger partial charge in [0.05, 0.1) is 12.6 Å². The minimum Gasteiger partial charge on any atom is -0.493 e. The van der Waals surface area contributed by atoms with Crippen molar-refractivity contribution in [3.63, 3.8) is 0 Å². The van der Waals surface area contributed by atoms with Crippen molar-refractivity contribution in [2.75, 3.05) is 6.61 Å². The second kappa shape index (κ2) is 6.63. The number of para-hydroxylation sites is 1. The highest BCUT2D eigenvalue weighted by molar-refractivity contribution is 5.92. The van der Waals surface area contributed by atoms with Gasteiger partial charge in [0.2, 0.25) is 0 Å². The molecule has 124 valence electrons. The SMILES string of the molecule is O=C(N[C@H]1CCCOc2ccccc21)c1ccc2c(n1)CCCC2. The molecule has 2 aliphatic rings. The molecule has 1 amide bonds. The number of nitrogens with zero attached hydrogens (tertiary/aromatic N) is 1. The van der Waals surface area contributed by atoms with Crippen molar-refractivity contribution in [2.24, 2.45) is 0 Å². The zero-order valence-corrected chi connectivity index (χ0v) is 13.8. The van der Waals surface area contributed by atoms with Crippen LogP contribution < -0.4 is 10.1 Å². The molecule has 0 unspecified atom stereocenters. The molecule has 0 spiro atoms. The van der Waals surface area contributed by atoms with E-state index in [0.717, 1.165) is 42.7 Å². The van der Waals surface area contributed by atoms with Crippen molar-refractivity contribution >= 4 is 5.91 Å². The molecule has 1 aliphatic carbocycles. The molecule has 0 radical (unpaired) electrons. The molecule has 1 N–H and O–H groups in total. The zero-order chi connectivity index (χ0) is 16.4. The van der Waals surface area contributed by atoms with Gasteiger partial charge in [-0.25, -0.2) is 4.98 Å². The third kappa shape index (κ3) is 3.01. The summed E-state index contributed by atoms with van der Waals surface area (Å²) in [6, 6.07) is 11.9. The number of fused-ring (bicyclic) bond motifs is 2. The Morgan fingerprint density at radius 3 is 2.92 bits per heavy atom. The maximum absolute atomic E-state index is 12.7. The standard InChI is InChI=1S/C20H22N2O2/c23-20(18-12-11-14-6-1-3-8-16(14)21-18)22-17-9-5-13-24-19-10-4-2-7-15(17)19/h2,4,7,10-12,17H,1,3,5-6,8-9,13H2,(H,22,23)/t17-/m0/s1. The van der Waals surface area contributed by atoms with Crippen molar-refractivity contribution in [2.45, 2.75) is 44.6 Å². The number of hydrogen-bond donors (Lipinski definition) is 1. The highest BCUT2D eigenvalue weighted by Gasteiger charge is 2.22. The summed E-state index contributed by atoms with van der Waals surface area (Å²) in [6.45, 7) is 0.695. The van der Waals surface area contributed by atoms with E-state index in [1.54, 1.807) is 0 Å². The van der Waals surface area contributed by atoms with Gasteiger partial charge < -0.3 is 10.1 Å². The number of carbonyl (C=O) groups excluding carboxylic acids is 1.